The van der Waals surface area contributed by atoms with E-state index in [1.807, 2.05) is 0 Å². The number of hydrogen-bond donors (Lipinski definition) is 3. The van der Waals surface area contributed by atoms with Crippen LogP contribution in [0.25, 0.3) is 0 Å². The standard InChI is InChI=1S/C18H17N3O6S/c1-10-16(22)19-14-8-7-11(9-15(14)20-17(10)23)28(25,26)21-13-6-4-3-5-12(13)18(24)27-2/h3-10,21H,1-2H3,(H,19,22)(H,20,23). The molecule has 2 aromatic rings. The predicted molar refractivity (Wildman–Crippen MR) is 101 cm³/mol. The van der Waals surface area contributed by atoms with Crippen LogP contribution in [0, 0.1) is 5.92 Å². The van der Waals surface area contributed by atoms with Gasteiger partial charge in [0.2, 0.25) is 11.8 Å². The molecule has 3 rings (SSSR count). The lowest BCUT2D eigenvalue weighted by atomic mass is 10.1. The molecule has 1 aliphatic rings. The van der Waals surface area contributed by atoms with E-state index in [1.165, 1.54) is 44.4 Å². The fourth-order valence-corrected chi connectivity index (χ4v) is 3.67. The number of carbonyl (C=O) groups excluding carboxylic acids is 3. The molecule has 0 saturated heterocycles. The van der Waals surface area contributed by atoms with Crippen LogP contribution in [-0.4, -0.2) is 33.3 Å². The van der Waals surface area contributed by atoms with Gasteiger partial charge in [-0.3, -0.25) is 14.3 Å². The van der Waals surface area contributed by atoms with Gasteiger partial charge in [-0.25, -0.2) is 13.2 Å². The number of para-hydroxylation sites is 1. The Hall–Kier alpha value is -3.40. The third kappa shape index (κ3) is 3.67. The van der Waals surface area contributed by atoms with Crippen molar-refractivity contribution in [2.24, 2.45) is 5.92 Å². The first-order chi connectivity index (χ1) is 13.2. The number of ether oxygens (including phenoxy) is 1. The van der Waals surface area contributed by atoms with Crippen LogP contribution < -0.4 is 15.4 Å². The molecule has 1 atom stereocenters. The molecule has 0 aliphatic carbocycles. The van der Waals surface area contributed by atoms with Gasteiger partial charge in [0.25, 0.3) is 10.0 Å². The van der Waals surface area contributed by atoms with E-state index >= 15 is 0 Å². The number of benzene rings is 2. The van der Waals surface area contributed by atoms with Crippen molar-refractivity contribution in [3.63, 3.8) is 0 Å². The molecule has 0 saturated carbocycles. The van der Waals surface area contributed by atoms with Crippen LogP contribution >= 0.6 is 0 Å². The molecule has 28 heavy (non-hydrogen) atoms. The van der Waals surface area contributed by atoms with E-state index in [1.54, 1.807) is 12.1 Å². The number of hydrogen-bond acceptors (Lipinski definition) is 6. The van der Waals surface area contributed by atoms with E-state index in [0.29, 0.717) is 0 Å². The first-order valence-corrected chi connectivity index (χ1v) is 9.67. The van der Waals surface area contributed by atoms with Crippen LogP contribution in [0.1, 0.15) is 17.3 Å². The summed E-state index contributed by atoms with van der Waals surface area (Å²) in [4.78, 5) is 35.6. The highest BCUT2D eigenvalue weighted by Gasteiger charge is 2.28. The number of rotatable bonds is 4. The second-order valence-electron chi connectivity index (χ2n) is 6.05. The van der Waals surface area contributed by atoms with Gasteiger partial charge in [-0.05, 0) is 37.3 Å². The first-order valence-electron chi connectivity index (χ1n) is 8.19. The summed E-state index contributed by atoms with van der Waals surface area (Å²) in [6.45, 7) is 1.44. The van der Waals surface area contributed by atoms with Crippen LogP contribution in [0.2, 0.25) is 0 Å². The Bertz CT molecular complexity index is 1080. The number of methoxy groups -OCH3 is 1. The highest BCUT2D eigenvalue weighted by atomic mass is 32.2. The number of nitrogens with one attached hydrogen (secondary N) is 3. The lowest BCUT2D eigenvalue weighted by Gasteiger charge is -2.13. The minimum atomic E-state index is -4.09. The smallest absolute Gasteiger partial charge is 0.339 e. The monoisotopic (exact) mass is 403 g/mol. The summed E-state index contributed by atoms with van der Waals surface area (Å²) in [6.07, 6.45) is 0. The van der Waals surface area contributed by atoms with Crippen molar-refractivity contribution >= 4 is 44.9 Å². The van der Waals surface area contributed by atoms with Crippen molar-refractivity contribution < 1.29 is 27.5 Å². The average Bonchev–Trinajstić information content (AvgIpc) is 2.77. The summed E-state index contributed by atoms with van der Waals surface area (Å²) >= 11 is 0. The third-order valence-corrected chi connectivity index (χ3v) is 5.54. The van der Waals surface area contributed by atoms with Gasteiger partial charge in [-0.15, -0.1) is 0 Å². The van der Waals surface area contributed by atoms with E-state index in [0.717, 1.165) is 0 Å². The van der Waals surface area contributed by atoms with E-state index in [4.69, 9.17) is 0 Å². The second kappa shape index (κ2) is 7.31. The van der Waals surface area contributed by atoms with E-state index in [2.05, 4.69) is 20.1 Å². The molecule has 1 unspecified atom stereocenters. The van der Waals surface area contributed by atoms with Crippen LogP contribution in [0.4, 0.5) is 17.1 Å². The minimum Gasteiger partial charge on any atom is -0.465 e. The quantitative estimate of drug-likeness (QED) is 0.527. The van der Waals surface area contributed by atoms with Crippen LogP contribution in [0.5, 0.6) is 0 Å². The fourth-order valence-electron chi connectivity index (χ4n) is 2.57. The van der Waals surface area contributed by atoms with Crippen molar-refractivity contribution in [2.45, 2.75) is 11.8 Å². The van der Waals surface area contributed by atoms with Crippen molar-refractivity contribution in [3.8, 4) is 0 Å². The second-order valence-corrected chi connectivity index (χ2v) is 7.73. The van der Waals surface area contributed by atoms with Crippen molar-refractivity contribution in [1.82, 2.24) is 0 Å². The van der Waals surface area contributed by atoms with Gasteiger partial charge in [-0.1, -0.05) is 12.1 Å². The molecule has 9 nitrogen and oxygen atoms in total. The summed E-state index contributed by atoms with van der Waals surface area (Å²) in [5.74, 6) is -2.64. The zero-order valence-electron chi connectivity index (χ0n) is 15.0. The number of fused-ring (bicyclic) bond motifs is 1. The molecule has 10 heteroatoms. The molecule has 2 amide bonds. The van der Waals surface area contributed by atoms with Gasteiger partial charge in [0.15, 0.2) is 0 Å². The van der Waals surface area contributed by atoms with Gasteiger partial charge < -0.3 is 15.4 Å². The van der Waals surface area contributed by atoms with Crippen LogP contribution in [0.15, 0.2) is 47.4 Å². The molecule has 0 fully saturated rings. The molecule has 1 aliphatic heterocycles. The molecule has 3 N–H and O–H groups in total. The SMILES string of the molecule is COC(=O)c1ccccc1NS(=O)(=O)c1ccc2c(c1)NC(=O)C(C)C(=O)N2. The summed E-state index contributed by atoms with van der Waals surface area (Å²) in [5.41, 5.74) is 0.552. The summed E-state index contributed by atoms with van der Waals surface area (Å²) < 4.78 is 32.6. The average molecular weight is 403 g/mol. The Morgan fingerprint density at radius 3 is 2.36 bits per heavy atom. The molecular weight excluding hydrogens is 386 g/mol. The zero-order valence-corrected chi connectivity index (χ0v) is 15.8. The minimum absolute atomic E-state index is 0.0512. The fraction of sp³-hybridized carbons (Fsp3) is 0.167. The Morgan fingerprint density at radius 1 is 1.04 bits per heavy atom. The predicted octanol–water partition coefficient (Wildman–Crippen LogP) is 1.80. The first kappa shape index (κ1) is 19.4. The van der Waals surface area contributed by atoms with E-state index in [9.17, 15) is 22.8 Å². The molecule has 0 spiro atoms. The van der Waals surface area contributed by atoms with Crippen molar-refractivity contribution in [3.05, 3.63) is 48.0 Å². The molecular formula is C18H17N3O6S. The molecule has 2 aromatic carbocycles. The van der Waals surface area contributed by atoms with Gasteiger partial charge >= 0.3 is 5.97 Å². The summed E-state index contributed by atoms with van der Waals surface area (Å²) in [7, 11) is -2.90. The maximum Gasteiger partial charge on any atom is 0.339 e. The lowest BCUT2D eigenvalue weighted by molar-refractivity contribution is -0.128. The normalized spacial score (nSPS) is 16.3. The topological polar surface area (TPSA) is 131 Å². The molecule has 0 bridgehead atoms. The highest BCUT2D eigenvalue weighted by Crippen LogP contribution is 2.30. The van der Waals surface area contributed by atoms with Gasteiger partial charge in [-0.2, -0.15) is 0 Å². The number of sulfonamides is 1. The third-order valence-electron chi connectivity index (χ3n) is 4.18. The number of carbonyl (C=O) groups is 3. The van der Waals surface area contributed by atoms with Crippen molar-refractivity contribution in [1.29, 1.82) is 0 Å². The molecule has 0 radical (unpaired) electrons. The number of esters is 1. The maximum atomic E-state index is 12.8. The van der Waals surface area contributed by atoms with Gasteiger partial charge in [0.05, 0.1) is 34.6 Å². The zero-order chi connectivity index (χ0) is 20.5. The Labute approximate surface area is 161 Å². The number of amides is 2. The number of anilines is 3. The van der Waals surface area contributed by atoms with Crippen LogP contribution in [0.3, 0.4) is 0 Å². The summed E-state index contributed by atoms with van der Waals surface area (Å²) in [5, 5.41) is 5.09. The van der Waals surface area contributed by atoms with Gasteiger partial charge in [0.1, 0.15) is 5.92 Å². The maximum absolute atomic E-state index is 12.8. The van der Waals surface area contributed by atoms with Gasteiger partial charge in [0, 0.05) is 0 Å². The van der Waals surface area contributed by atoms with E-state index < -0.39 is 33.7 Å². The highest BCUT2D eigenvalue weighted by molar-refractivity contribution is 7.92. The van der Waals surface area contributed by atoms with Crippen molar-refractivity contribution in [2.75, 3.05) is 22.5 Å². The molecule has 0 aromatic heterocycles. The molecule has 1 heterocycles. The van der Waals surface area contributed by atoms with Crippen LogP contribution in [-0.2, 0) is 24.3 Å². The Morgan fingerprint density at radius 2 is 1.68 bits per heavy atom. The lowest BCUT2D eigenvalue weighted by Crippen LogP contribution is -2.28. The summed E-state index contributed by atoms with van der Waals surface area (Å²) in [6, 6.07) is 9.89. The largest absolute Gasteiger partial charge is 0.465 e. The Balaban J connectivity index is 1.97. The van der Waals surface area contributed by atoms with E-state index in [-0.39, 0.29) is 27.5 Å². The Kier molecular flexibility index (Phi) is 5.06. The molecule has 146 valence electrons.